The van der Waals surface area contributed by atoms with Crippen LogP contribution in [0.3, 0.4) is 0 Å². The first-order valence-corrected chi connectivity index (χ1v) is 8.94. The fourth-order valence-corrected chi connectivity index (χ4v) is 3.22. The number of amides is 3. The van der Waals surface area contributed by atoms with E-state index in [2.05, 4.69) is 16.7 Å². The predicted octanol–water partition coefficient (Wildman–Crippen LogP) is 2.46. The van der Waals surface area contributed by atoms with Crippen molar-refractivity contribution in [3.63, 3.8) is 0 Å². The van der Waals surface area contributed by atoms with Crippen LogP contribution in [0.5, 0.6) is 0 Å². The summed E-state index contributed by atoms with van der Waals surface area (Å²) in [4.78, 5) is 36.3. The van der Waals surface area contributed by atoms with E-state index in [1.807, 2.05) is 12.1 Å². The average molecular weight is 366 g/mol. The monoisotopic (exact) mass is 366 g/mol. The smallest absolute Gasteiger partial charge is 0.321 e. The van der Waals surface area contributed by atoms with Crippen LogP contribution < -0.4 is 10.6 Å². The van der Waals surface area contributed by atoms with E-state index in [9.17, 15) is 14.4 Å². The Kier molecular flexibility index (Phi) is 5.86. The highest BCUT2D eigenvalue weighted by atomic mass is 16.5. The van der Waals surface area contributed by atoms with Gasteiger partial charge in [0.05, 0.1) is 6.42 Å². The van der Waals surface area contributed by atoms with Crippen molar-refractivity contribution in [1.82, 2.24) is 10.6 Å². The molecule has 0 unspecified atom stereocenters. The van der Waals surface area contributed by atoms with Gasteiger partial charge in [-0.1, -0.05) is 48.5 Å². The van der Waals surface area contributed by atoms with Crippen LogP contribution in [0.2, 0.25) is 0 Å². The molecule has 140 valence electrons. The highest BCUT2D eigenvalue weighted by Crippen LogP contribution is 2.24. The summed E-state index contributed by atoms with van der Waals surface area (Å²) in [7, 11) is 1.40. The van der Waals surface area contributed by atoms with Crippen LogP contribution in [0.1, 0.15) is 34.8 Å². The van der Waals surface area contributed by atoms with Crippen molar-refractivity contribution >= 4 is 17.9 Å². The number of benzene rings is 2. The molecule has 0 aliphatic heterocycles. The molecule has 3 amide bonds. The molecule has 2 aromatic carbocycles. The lowest BCUT2D eigenvalue weighted by atomic mass is 10.0. The minimum Gasteiger partial charge on any atom is -0.447 e. The number of rotatable bonds is 5. The normalized spacial score (nSPS) is 13.4. The van der Waals surface area contributed by atoms with Crippen molar-refractivity contribution in [2.45, 2.75) is 31.8 Å². The predicted molar refractivity (Wildman–Crippen MR) is 100 cm³/mol. The van der Waals surface area contributed by atoms with Gasteiger partial charge in [-0.25, -0.2) is 4.79 Å². The molecule has 0 bridgehead atoms. The Morgan fingerprint density at radius 2 is 1.78 bits per heavy atom. The lowest BCUT2D eigenvalue weighted by Crippen LogP contribution is -2.41. The largest absolute Gasteiger partial charge is 0.447 e. The van der Waals surface area contributed by atoms with Crippen molar-refractivity contribution in [3.8, 4) is 0 Å². The van der Waals surface area contributed by atoms with Crippen LogP contribution in [-0.4, -0.2) is 25.0 Å². The van der Waals surface area contributed by atoms with Gasteiger partial charge in [0.1, 0.15) is 0 Å². The molecule has 1 aliphatic rings. The maximum atomic E-state index is 12.5. The third-order valence-electron chi connectivity index (χ3n) is 4.56. The summed E-state index contributed by atoms with van der Waals surface area (Å²) in [5.74, 6) is -1.21. The van der Waals surface area contributed by atoms with Crippen LogP contribution in [0.4, 0.5) is 4.79 Å². The number of carbonyl (C=O) groups excluding carboxylic acids is 3. The lowest BCUT2D eigenvalue weighted by molar-refractivity contribution is -0.155. The van der Waals surface area contributed by atoms with Crippen LogP contribution in [0.25, 0.3) is 0 Å². The summed E-state index contributed by atoms with van der Waals surface area (Å²) < 4.78 is 5.44. The highest BCUT2D eigenvalue weighted by Gasteiger charge is 2.26. The number of hydrogen-bond donors (Lipinski definition) is 2. The maximum absolute atomic E-state index is 12.5. The number of carbonyl (C=O) groups is 3. The third-order valence-corrected chi connectivity index (χ3v) is 4.56. The Bertz CT molecular complexity index is 849. The summed E-state index contributed by atoms with van der Waals surface area (Å²) in [5.41, 5.74) is 3.97. The molecule has 6 nitrogen and oxygen atoms in total. The van der Waals surface area contributed by atoms with E-state index in [1.165, 1.54) is 18.2 Å². The van der Waals surface area contributed by atoms with Crippen molar-refractivity contribution in [1.29, 1.82) is 0 Å². The van der Waals surface area contributed by atoms with Crippen molar-refractivity contribution in [3.05, 3.63) is 70.8 Å². The first-order valence-electron chi connectivity index (χ1n) is 8.94. The number of imide groups is 1. The zero-order valence-corrected chi connectivity index (χ0v) is 15.2. The molecule has 0 fully saturated rings. The van der Waals surface area contributed by atoms with Gasteiger partial charge in [-0.3, -0.25) is 14.9 Å². The molecule has 0 saturated heterocycles. The maximum Gasteiger partial charge on any atom is 0.321 e. The third kappa shape index (κ3) is 4.73. The number of aryl methyl sites for hydroxylation is 2. The topological polar surface area (TPSA) is 84.5 Å². The molecule has 6 heteroatoms. The van der Waals surface area contributed by atoms with Crippen molar-refractivity contribution < 1.29 is 19.1 Å². The molecular formula is C21H22N2O4. The number of fused-ring (bicyclic) bond motifs is 1. The fourth-order valence-electron chi connectivity index (χ4n) is 3.22. The molecule has 1 aliphatic carbocycles. The number of urea groups is 1. The minimum absolute atomic E-state index is 0.0733. The molecule has 1 atom stereocenters. The quantitative estimate of drug-likeness (QED) is 0.796. The Morgan fingerprint density at radius 1 is 1.04 bits per heavy atom. The van der Waals surface area contributed by atoms with E-state index in [1.54, 1.807) is 30.3 Å². The molecule has 2 N–H and O–H groups in total. The van der Waals surface area contributed by atoms with Crippen LogP contribution in [0, 0.1) is 0 Å². The van der Waals surface area contributed by atoms with Gasteiger partial charge in [0.2, 0.25) is 6.10 Å². The Hall–Kier alpha value is -3.15. The second-order valence-electron chi connectivity index (χ2n) is 6.48. The fraction of sp³-hybridized carbons (Fsp3) is 0.286. The van der Waals surface area contributed by atoms with E-state index in [0.29, 0.717) is 5.56 Å². The number of ether oxygens (including phenoxy) is 1. The second kappa shape index (κ2) is 8.49. The van der Waals surface area contributed by atoms with E-state index < -0.39 is 24.0 Å². The average Bonchev–Trinajstić information content (AvgIpc) is 3.14. The van der Waals surface area contributed by atoms with Gasteiger partial charge in [0.25, 0.3) is 5.91 Å². The summed E-state index contributed by atoms with van der Waals surface area (Å²) in [6.07, 6.45) is 2.13. The summed E-state index contributed by atoms with van der Waals surface area (Å²) in [6, 6.07) is 14.0. The zero-order chi connectivity index (χ0) is 19.2. The van der Waals surface area contributed by atoms with Gasteiger partial charge in [0.15, 0.2) is 0 Å². The van der Waals surface area contributed by atoms with Gasteiger partial charge in [0, 0.05) is 12.6 Å². The van der Waals surface area contributed by atoms with Crippen molar-refractivity contribution in [2.24, 2.45) is 0 Å². The standard InChI is InChI=1S/C21H22N2O4/c1-22-21(26)23-20(25)19(16-6-3-2-4-7-16)27-18(24)13-14-10-11-15-8-5-9-17(15)12-14/h2-4,6-7,10-12,19H,5,8-9,13H2,1H3,(H2,22,23,25,26)/t19-/m0/s1. The summed E-state index contributed by atoms with van der Waals surface area (Å²) in [6.45, 7) is 0. The van der Waals surface area contributed by atoms with Gasteiger partial charge >= 0.3 is 12.0 Å². The van der Waals surface area contributed by atoms with Gasteiger partial charge < -0.3 is 10.1 Å². The first-order chi connectivity index (χ1) is 13.1. The zero-order valence-electron chi connectivity index (χ0n) is 15.2. The number of hydrogen-bond acceptors (Lipinski definition) is 4. The van der Waals surface area contributed by atoms with Crippen molar-refractivity contribution in [2.75, 3.05) is 7.05 Å². The molecule has 2 aromatic rings. The molecule has 0 heterocycles. The Labute approximate surface area is 157 Å². The van der Waals surface area contributed by atoms with Crippen LogP contribution in [0.15, 0.2) is 48.5 Å². The van der Waals surface area contributed by atoms with E-state index >= 15 is 0 Å². The molecule has 3 rings (SSSR count). The number of nitrogens with one attached hydrogen (secondary N) is 2. The Morgan fingerprint density at radius 3 is 2.52 bits per heavy atom. The summed E-state index contributed by atoms with van der Waals surface area (Å²) in [5, 5.41) is 4.47. The van der Waals surface area contributed by atoms with E-state index in [-0.39, 0.29) is 6.42 Å². The number of esters is 1. The van der Waals surface area contributed by atoms with Gasteiger partial charge in [-0.15, -0.1) is 0 Å². The molecule has 0 spiro atoms. The molecule has 0 saturated carbocycles. The minimum atomic E-state index is -1.19. The van der Waals surface area contributed by atoms with Crippen LogP contribution >= 0.6 is 0 Å². The highest BCUT2D eigenvalue weighted by molar-refractivity contribution is 5.97. The SMILES string of the molecule is CNC(=O)NC(=O)[C@@H](OC(=O)Cc1ccc2c(c1)CCC2)c1ccccc1. The van der Waals surface area contributed by atoms with Gasteiger partial charge in [-0.05, 0) is 36.0 Å². The van der Waals surface area contributed by atoms with E-state index in [0.717, 1.165) is 24.8 Å². The molecule has 0 radical (unpaired) electrons. The Balaban J connectivity index is 1.72. The second-order valence-corrected chi connectivity index (χ2v) is 6.48. The lowest BCUT2D eigenvalue weighted by Gasteiger charge is -2.17. The molecule has 27 heavy (non-hydrogen) atoms. The van der Waals surface area contributed by atoms with Crippen LogP contribution in [-0.2, 0) is 33.6 Å². The van der Waals surface area contributed by atoms with E-state index in [4.69, 9.17) is 4.74 Å². The first kappa shape index (κ1) is 18.6. The molecular weight excluding hydrogens is 344 g/mol. The molecule has 0 aromatic heterocycles. The summed E-state index contributed by atoms with van der Waals surface area (Å²) >= 11 is 0. The van der Waals surface area contributed by atoms with Gasteiger partial charge in [-0.2, -0.15) is 0 Å².